The zero-order chi connectivity index (χ0) is 17.2. The van der Waals surface area contributed by atoms with Crippen molar-refractivity contribution in [2.75, 3.05) is 18.8 Å². The summed E-state index contributed by atoms with van der Waals surface area (Å²) in [7, 11) is -3.57. The van der Waals surface area contributed by atoms with Gasteiger partial charge in [-0.1, -0.05) is 0 Å². The molecule has 1 aromatic carbocycles. The van der Waals surface area contributed by atoms with Gasteiger partial charge in [-0.3, -0.25) is 14.9 Å². The van der Waals surface area contributed by atoms with Crippen molar-refractivity contribution in [1.29, 1.82) is 0 Å². The topological polar surface area (TPSA) is 124 Å². The smallest absolute Gasteiger partial charge is 0.269 e. The number of primary sulfonamides is 1. The molecule has 0 saturated carbocycles. The van der Waals surface area contributed by atoms with E-state index < -0.39 is 14.9 Å². The largest absolute Gasteiger partial charge is 0.338 e. The lowest BCUT2D eigenvalue weighted by Gasteiger charge is -2.32. The average Bonchev–Trinajstić information content (AvgIpc) is 2.44. The zero-order valence-electron chi connectivity index (χ0n) is 12.8. The number of piperidine rings is 1. The molecule has 1 atom stereocenters. The number of hydrogen-bond donors (Lipinski definition) is 1. The van der Waals surface area contributed by atoms with Gasteiger partial charge in [-0.15, -0.1) is 0 Å². The number of benzene rings is 1. The van der Waals surface area contributed by atoms with Crippen molar-refractivity contribution >= 4 is 21.6 Å². The van der Waals surface area contributed by atoms with Crippen LogP contribution in [0.5, 0.6) is 0 Å². The second kappa shape index (κ2) is 6.63. The molecule has 0 bridgehead atoms. The van der Waals surface area contributed by atoms with E-state index >= 15 is 0 Å². The van der Waals surface area contributed by atoms with Crippen LogP contribution in [0.3, 0.4) is 0 Å². The van der Waals surface area contributed by atoms with Gasteiger partial charge in [0.2, 0.25) is 10.0 Å². The van der Waals surface area contributed by atoms with Crippen molar-refractivity contribution in [3.8, 4) is 0 Å². The lowest BCUT2D eigenvalue weighted by molar-refractivity contribution is -0.384. The molecule has 1 fully saturated rings. The molecule has 1 amide bonds. The second-order valence-corrected chi connectivity index (χ2v) is 7.50. The fourth-order valence-corrected chi connectivity index (χ4v) is 3.81. The number of amides is 1. The average molecular weight is 341 g/mol. The number of rotatable bonds is 4. The third-order valence-corrected chi connectivity index (χ3v) is 4.86. The van der Waals surface area contributed by atoms with Gasteiger partial charge in [-0.05, 0) is 37.3 Å². The maximum absolute atomic E-state index is 12.6. The summed E-state index contributed by atoms with van der Waals surface area (Å²) < 4.78 is 22.4. The molecule has 1 aliphatic heterocycles. The second-order valence-electron chi connectivity index (χ2n) is 5.85. The Morgan fingerprint density at radius 2 is 2.17 bits per heavy atom. The van der Waals surface area contributed by atoms with Crippen LogP contribution in [-0.4, -0.2) is 43.0 Å². The van der Waals surface area contributed by atoms with Gasteiger partial charge in [0.1, 0.15) is 0 Å². The lowest BCUT2D eigenvalue weighted by Crippen LogP contribution is -2.42. The standard InChI is InChI=1S/C14H19N3O5S/c1-10-7-12(17(19)20)4-5-13(10)14(18)16-6-2-3-11(8-16)9-23(15,21)22/h4-5,7,11H,2-3,6,8-9H2,1H3,(H2,15,21,22). The molecule has 1 heterocycles. The van der Waals surface area contributed by atoms with E-state index in [1.54, 1.807) is 11.8 Å². The number of carbonyl (C=O) groups excluding carboxylic acids is 1. The molecule has 2 N–H and O–H groups in total. The van der Waals surface area contributed by atoms with E-state index in [0.29, 0.717) is 37.1 Å². The fourth-order valence-electron chi connectivity index (χ4n) is 2.89. The molecule has 2 rings (SSSR count). The van der Waals surface area contributed by atoms with E-state index in [-0.39, 0.29) is 23.3 Å². The highest BCUT2D eigenvalue weighted by Gasteiger charge is 2.27. The molecular formula is C14H19N3O5S. The van der Waals surface area contributed by atoms with Crippen LogP contribution in [0.25, 0.3) is 0 Å². The molecule has 1 unspecified atom stereocenters. The number of sulfonamides is 1. The van der Waals surface area contributed by atoms with Gasteiger partial charge in [0.15, 0.2) is 0 Å². The van der Waals surface area contributed by atoms with Crippen LogP contribution in [0.1, 0.15) is 28.8 Å². The summed E-state index contributed by atoms with van der Waals surface area (Å²) in [6.45, 7) is 2.51. The van der Waals surface area contributed by atoms with Crippen molar-refractivity contribution < 1.29 is 18.1 Å². The van der Waals surface area contributed by atoms with Crippen molar-refractivity contribution in [2.45, 2.75) is 19.8 Å². The van der Waals surface area contributed by atoms with E-state index in [0.717, 1.165) is 0 Å². The van der Waals surface area contributed by atoms with Crippen LogP contribution in [0.2, 0.25) is 0 Å². The monoisotopic (exact) mass is 341 g/mol. The number of nitrogens with zero attached hydrogens (tertiary/aromatic N) is 2. The number of aryl methyl sites for hydroxylation is 1. The number of carbonyl (C=O) groups is 1. The van der Waals surface area contributed by atoms with Crippen LogP contribution >= 0.6 is 0 Å². The molecule has 0 aromatic heterocycles. The van der Waals surface area contributed by atoms with Crippen LogP contribution in [0.4, 0.5) is 5.69 Å². The Hall–Kier alpha value is -2.00. The lowest BCUT2D eigenvalue weighted by atomic mass is 9.98. The van der Waals surface area contributed by atoms with Gasteiger partial charge < -0.3 is 4.90 Å². The Kier molecular flexibility index (Phi) is 5.00. The number of nitro benzene ring substituents is 1. The minimum Gasteiger partial charge on any atom is -0.338 e. The Bertz CT molecular complexity index is 732. The predicted molar refractivity (Wildman–Crippen MR) is 84.4 cm³/mol. The molecule has 1 saturated heterocycles. The number of nitro groups is 1. The molecule has 0 radical (unpaired) electrons. The Balaban J connectivity index is 2.15. The normalized spacial score (nSPS) is 18.7. The third-order valence-electron chi connectivity index (χ3n) is 3.93. The quantitative estimate of drug-likeness (QED) is 0.647. The van der Waals surface area contributed by atoms with Crippen molar-refractivity contribution in [3.63, 3.8) is 0 Å². The molecule has 1 aromatic rings. The fraction of sp³-hybridized carbons (Fsp3) is 0.500. The van der Waals surface area contributed by atoms with Gasteiger partial charge in [0.25, 0.3) is 11.6 Å². The summed E-state index contributed by atoms with van der Waals surface area (Å²) in [6.07, 6.45) is 1.41. The van der Waals surface area contributed by atoms with Crippen LogP contribution in [-0.2, 0) is 10.0 Å². The van der Waals surface area contributed by atoms with Gasteiger partial charge >= 0.3 is 0 Å². The first-order chi connectivity index (χ1) is 10.7. The summed E-state index contributed by atoms with van der Waals surface area (Å²) in [5, 5.41) is 15.8. The molecular weight excluding hydrogens is 322 g/mol. The van der Waals surface area contributed by atoms with Gasteiger partial charge in [0, 0.05) is 30.8 Å². The van der Waals surface area contributed by atoms with E-state index in [4.69, 9.17) is 5.14 Å². The van der Waals surface area contributed by atoms with E-state index in [2.05, 4.69) is 0 Å². The van der Waals surface area contributed by atoms with Gasteiger partial charge in [0.05, 0.1) is 10.7 Å². The Morgan fingerprint density at radius 1 is 1.48 bits per heavy atom. The molecule has 8 nitrogen and oxygen atoms in total. The third kappa shape index (κ3) is 4.49. The highest BCUT2D eigenvalue weighted by Crippen LogP contribution is 2.23. The highest BCUT2D eigenvalue weighted by atomic mass is 32.2. The molecule has 23 heavy (non-hydrogen) atoms. The number of likely N-dealkylation sites (tertiary alicyclic amines) is 1. The first-order valence-corrected chi connectivity index (χ1v) is 8.93. The number of hydrogen-bond acceptors (Lipinski definition) is 5. The van der Waals surface area contributed by atoms with Crippen molar-refractivity contribution in [2.24, 2.45) is 11.1 Å². The first kappa shape index (κ1) is 17.4. The van der Waals surface area contributed by atoms with Crippen LogP contribution < -0.4 is 5.14 Å². The minimum atomic E-state index is -3.57. The summed E-state index contributed by atoms with van der Waals surface area (Å²) >= 11 is 0. The summed E-state index contributed by atoms with van der Waals surface area (Å²) in [4.78, 5) is 24.4. The zero-order valence-corrected chi connectivity index (χ0v) is 13.6. The van der Waals surface area contributed by atoms with Gasteiger partial charge in [-0.25, -0.2) is 13.6 Å². The highest BCUT2D eigenvalue weighted by molar-refractivity contribution is 7.89. The number of non-ortho nitro benzene ring substituents is 1. The minimum absolute atomic E-state index is 0.0650. The summed E-state index contributed by atoms with van der Waals surface area (Å²) in [5.74, 6) is -0.562. The summed E-state index contributed by atoms with van der Waals surface area (Å²) in [5.41, 5.74) is 0.856. The SMILES string of the molecule is Cc1cc([N+](=O)[O-])ccc1C(=O)N1CCCC(CS(N)(=O)=O)C1. The molecule has 0 aliphatic carbocycles. The maximum Gasteiger partial charge on any atom is 0.269 e. The molecule has 126 valence electrons. The number of nitrogens with two attached hydrogens (primary N) is 1. The van der Waals surface area contributed by atoms with Crippen LogP contribution in [0, 0.1) is 23.0 Å². The molecule has 1 aliphatic rings. The van der Waals surface area contributed by atoms with E-state index in [9.17, 15) is 23.3 Å². The van der Waals surface area contributed by atoms with Crippen molar-refractivity contribution in [3.05, 3.63) is 39.4 Å². The molecule has 0 spiro atoms. The Morgan fingerprint density at radius 3 is 2.74 bits per heavy atom. The predicted octanol–water partition coefficient (Wildman–Crippen LogP) is 1.04. The maximum atomic E-state index is 12.6. The van der Waals surface area contributed by atoms with Crippen LogP contribution in [0.15, 0.2) is 18.2 Å². The molecule has 9 heteroatoms. The van der Waals surface area contributed by atoms with Gasteiger partial charge in [-0.2, -0.15) is 0 Å². The van der Waals surface area contributed by atoms with Crippen molar-refractivity contribution in [1.82, 2.24) is 4.90 Å². The first-order valence-electron chi connectivity index (χ1n) is 7.22. The van der Waals surface area contributed by atoms with E-state index in [1.807, 2.05) is 0 Å². The van der Waals surface area contributed by atoms with E-state index in [1.165, 1.54) is 18.2 Å². The summed E-state index contributed by atoms with van der Waals surface area (Å²) in [6, 6.07) is 4.10. The Labute approximate surface area is 134 Å².